The van der Waals surface area contributed by atoms with Gasteiger partial charge in [0.25, 0.3) is 5.56 Å². The van der Waals surface area contributed by atoms with Crippen LogP contribution in [-0.2, 0) is 13.1 Å². The highest BCUT2D eigenvalue weighted by Gasteiger charge is 2.29. The van der Waals surface area contributed by atoms with Crippen molar-refractivity contribution in [3.05, 3.63) is 143 Å². The summed E-state index contributed by atoms with van der Waals surface area (Å²) in [4.78, 5) is 34.4. The standard InChI is InChI=1S/C32H30N4O2/c1-2-29(35(22-24-14-6-3-7-15-24)32(38)33-26-18-10-5-11-19-26)30-34-28-21-13-12-20-27(28)31(37)36(30)23-25-16-8-4-9-17-25/h3-21,29H,2,22-23H2,1H3,(H,33,38). The normalized spacial score (nSPS) is 11.7. The molecule has 0 aliphatic rings. The average Bonchev–Trinajstić information content (AvgIpc) is 2.96. The van der Waals surface area contributed by atoms with E-state index in [-0.39, 0.29) is 11.6 Å². The molecular formula is C32H30N4O2. The molecule has 0 aliphatic heterocycles. The molecule has 0 fully saturated rings. The number of aromatic nitrogens is 2. The highest BCUT2D eigenvalue weighted by Crippen LogP contribution is 2.27. The highest BCUT2D eigenvalue weighted by molar-refractivity contribution is 5.89. The molecule has 0 saturated heterocycles. The summed E-state index contributed by atoms with van der Waals surface area (Å²) in [5.41, 5.74) is 3.20. The largest absolute Gasteiger partial charge is 0.322 e. The second kappa shape index (κ2) is 11.6. The average molecular weight is 503 g/mol. The van der Waals surface area contributed by atoms with E-state index in [0.29, 0.717) is 41.9 Å². The molecule has 0 bridgehead atoms. The molecule has 0 spiro atoms. The molecular weight excluding hydrogens is 472 g/mol. The summed E-state index contributed by atoms with van der Waals surface area (Å²) in [6.07, 6.45) is 0.578. The maximum absolute atomic E-state index is 13.8. The number of rotatable bonds is 8. The quantitative estimate of drug-likeness (QED) is 0.259. The molecule has 5 aromatic rings. The van der Waals surface area contributed by atoms with Crippen LogP contribution in [0.5, 0.6) is 0 Å². The maximum atomic E-state index is 13.8. The van der Waals surface area contributed by atoms with Crippen LogP contribution in [0.25, 0.3) is 10.9 Å². The second-order valence-corrected chi connectivity index (χ2v) is 9.20. The minimum Gasteiger partial charge on any atom is -0.310 e. The molecule has 190 valence electrons. The van der Waals surface area contributed by atoms with E-state index in [1.165, 1.54) is 0 Å². The van der Waals surface area contributed by atoms with Crippen LogP contribution in [0.4, 0.5) is 10.5 Å². The summed E-state index contributed by atoms with van der Waals surface area (Å²) in [6, 6.07) is 35.8. The molecule has 38 heavy (non-hydrogen) atoms. The van der Waals surface area contributed by atoms with Crippen molar-refractivity contribution in [3.63, 3.8) is 0 Å². The van der Waals surface area contributed by atoms with Crippen molar-refractivity contribution < 1.29 is 4.79 Å². The van der Waals surface area contributed by atoms with Crippen LogP contribution >= 0.6 is 0 Å². The number of fused-ring (bicyclic) bond motifs is 1. The van der Waals surface area contributed by atoms with Crippen molar-refractivity contribution in [2.24, 2.45) is 0 Å². The van der Waals surface area contributed by atoms with E-state index in [2.05, 4.69) is 5.32 Å². The van der Waals surface area contributed by atoms with E-state index in [4.69, 9.17) is 4.98 Å². The fourth-order valence-corrected chi connectivity index (χ4v) is 4.72. The van der Waals surface area contributed by atoms with Crippen molar-refractivity contribution in [2.75, 3.05) is 5.32 Å². The Morgan fingerprint density at radius 1 is 0.816 bits per heavy atom. The topological polar surface area (TPSA) is 67.2 Å². The molecule has 6 nitrogen and oxygen atoms in total. The van der Waals surface area contributed by atoms with E-state index < -0.39 is 6.04 Å². The zero-order valence-electron chi connectivity index (χ0n) is 21.3. The number of hydrogen-bond acceptors (Lipinski definition) is 3. The monoisotopic (exact) mass is 502 g/mol. The van der Waals surface area contributed by atoms with Gasteiger partial charge in [-0.1, -0.05) is 97.9 Å². The number of nitrogens with zero attached hydrogens (tertiary/aromatic N) is 3. The van der Waals surface area contributed by atoms with Crippen LogP contribution in [0.15, 0.2) is 120 Å². The van der Waals surface area contributed by atoms with Crippen molar-refractivity contribution in [3.8, 4) is 0 Å². The minimum absolute atomic E-state index is 0.115. The van der Waals surface area contributed by atoms with Crippen molar-refractivity contribution >= 4 is 22.6 Å². The number of hydrogen-bond donors (Lipinski definition) is 1. The smallest absolute Gasteiger partial charge is 0.310 e. The van der Waals surface area contributed by atoms with E-state index >= 15 is 0 Å². The number of urea groups is 1. The summed E-state index contributed by atoms with van der Waals surface area (Å²) < 4.78 is 1.72. The molecule has 2 amide bonds. The molecule has 0 saturated carbocycles. The van der Waals surface area contributed by atoms with Crippen molar-refractivity contribution in [1.82, 2.24) is 14.5 Å². The molecule has 4 aromatic carbocycles. The van der Waals surface area contributed by atoms with Crippen LogP contribution < -0.4 is 10.9 Å². The summed E-state index contributed by atoms with van der Waals surface area (Å²) in [6.45, 7) is 2.75. The lowest BCUT2D eigenvalue weighted by Crippen LogP contribution is -2.40. The van der Waals surface area contributed by atoms with Gasteiger partial charge in [0.1, 0.15) is 5.82 Å². The Labute approximate surface area is 222 Å². The van der Waals surface area contributed by atoms with Gasteiger partial charge in [-0.15, -0.1) is 0 Å². The third-order valence-corrected chi connectivity index (χ3v) is 6.62. The number of para-hydroxylation sites is 2. The zero-order chi connectivity index (χ0) is 26.3. The number of benzene rings is 4. The molecule has 0 aliphatic carbocycles. The number of carbonyl (C=O) groups is 1. The van der Waals surface area contributed by atoms with Gasteiger partial charge in [-0.25, -0.2) is 9.78 Å². The lowest BCUT2D eigenvalue weighted by Gasteiger charge is -2.32. The SMILES string of the molecule is CCC(c1nc2ccccc2c(=O)n1Cc1ccccc1)N(Cc1ccccc1)C(=O)Nc1ccccc1. The molecule has 0 radical (unpaired) electrons. The first-order valence-electron chi connectivity index (χ1n) is 12.8. The summed E-state index contributed by atoms with van der Waals surface area (Å²) in [5.74, 6) is 0.569. The Kier molecular flexibility index (Phi) is 7.59. The Morgan fingerprint density at radius 3 is 2.05 bits per heavy atom. The van der Waals surface area contributed by atoms with Crippen molar-refractivity contribution in [1.29, 1.82) is 0 Å². The van der Waals surface area contributed by atoms with Gasteiger partial charge >= 0.3 is 6.03 Å². The van der Waals surface area contributed by atoms with E-state index in [0.717, 1.165) is 11.1 Å². The lowest BCUT2D eigenvalue weighted by molar-refractivity contribution is 0.176. The Balaban J connectivity index is 1.63. The van der Waals surface area contributed by atoms with Gasteiger partial charge in [0.15, 0.2) is 0 Å². The molecule has 1 heterocycles. The van der Waals surface area contributed by atoms with Gasteiger partial charge in [-0.2, -0.15) is 0 Å². The third kappa shape index (κ3) is 5.49. The first-order chi connectivity index (χ1) is 18.6. The van der Waals surface area contributed by atoms with Gasteiger partial charge in [0, 0.05) is 12.2 Å². The number of carbonyl (C=O) groups excluding carboxylic acids is 1. The Bertz CT molecular complexity index is 1570. The fourth-order valence-electron chi connectivity index (χ4n) is 4.72. The van der Waals surface area contributed by atoms with Gasteiger partial charge < -0.3 is 10.2 Å². The Hall–Kier alpha value is -4.71. The van der Waals surface area contributed by atoms with Crippen molar-refractivity contribution in [2.45, 2.75) is 32.5 Å². The van der Waals surface area contributed by atoms with Crippen LogP contribution in [0.1, 0.15) is 36.3 Å². The highest BCUT2D eigenvalue weighted by atomic mass is 16.2. The molecule has 1 unspecified atom stereocenters. The van der Waals surface area contributed by atoms with E-state index in [1.807, 2.05) is 116 Å². The van der Waals surface area contributed by atoms with Gasteiger partial charge in [0.05, 0.1) is 23.5 Å². The minimum atomic E-state index is -0.445. The molecule has 5 rings (SSSR count). The lowest BCUT2D eigenvalue weighted by atomic mass is 10.1. The molecule has 1 atom stereocenters. The molecule has 1 N–H and O–H groups in total. The summed E-state index contributed by atoms with van der Waals surface area (Å²) in [5, 5.41) is 3.60. The van der Waals surface area contributed by atoms with E-state index in [1.54, 1.807) is 15.5 Å². The zero-order valence-corrected chi connectivity index (χ0v) is 21.3. The predicted molar refractivity (Wildman–Crippen MR) is 152 cm³/mol. The predicted octanol–water partition coefficient (Wildman–Crippen LogP) is 6.63. The van der Waals surface area contributed by atoms with Crippen LogP contribution in [0.2, 0.25) is 0 Å². The van der Waals surface area contributed by atoms with Crippen LogP contribution in [0.3, 0.4) is 0 Å². The first-order valence-corrected chi connectivity index (χ1v) is 12.8. The van der Waals surface area contributed by atoms with Gasteiger partial charge in [0.2, 0.25) is 0 Å². The number of nitrogens with one attached hydrogen (secondary N) is 1. The summed E-state index contributed by atoms with van der Waals surface area (Å²) >= 11 is 0. The van der Waals surface area contributed by atoms with Gasteiger partial charge in [-0.3, -0.25) is 9.36 Å². The molecule has 1 aromatic heterocycles. The first kappa shape index (κ1) is 25.0. The van der Waals surface area contributed by atoms with Crippen LogP contribution in [-0.4, -0.2) is 20.5 Å². The van der Waals surface area contributed by atoms with E-state index in [9.17, 15) is 9.59 Å². The maximum Gasteiger partial charge on any atom is 0.322 e. The second-order valence-electron chi connectivity index (χ2n) is 9.20. The number of amides is 2. The molecule has 6 heteroatoms. The summed E-state index contributed by atoms with van der Waals surface area (Å²) in [7, 11) is 0. The fraction of sp³-hybridized carbons (Fsp3) is 0.156. The number of anilines is 1. The van der Waals surface area contributed by atoms with Gasteiger partial charge in [-0.05, 0) is 41.8 Å². The van der Waals surface area contributed by atoms with Crippen LogP contribution in [0, 0.1) is 0 Å². The third-order valence-electron chi connectivity index (χ3n) is 6.62. The Morgan fingerprint density at radius 2 is 1.39 bits per heavy atom.